The van der Waals surface area contributed by atoms with Crippen molar-refractivity contribution in [2.75, 3.05) is 47.1 Å². The van der Waals surface area contributed by atoms with Gasteiger partial charge in [-0.15, -0.1) is 0 Å². The quantitative estimate of drug-likeness (QED) is 0.595. The second-order valence-electron chi connectivity index (χ2n) is 6.93. The molecule has 3 rings (SSSR count). The van der Waals surface area contributed by atoms with Crippen molar-refractivity contribution in [1.82, 2.24) is 9.62 Å². The molecule has 1 heterocycles. The summed E-state index contributed by atoms with van der Waals surface area (Å²) in [5.74, 6) is 0.0778. The van der Waals surface area contributed by atoms with Gasteiger partial charge in [0.15, 0.2) is 0 Å². The number of hydrogen-bond donors (Lipinski definition) is 1. The Morgan fingerprint density at radius 3 is 2.45 bits per heavy atom. The molecular formula is C21H25ClN2O6S. The highest BCUT2D eigenvalue weighted by atomic mass is 35.5. The van der Waals surface area contributed by atoms with Crippen LogP contribution >= 0.6 is 11.6 Å². The SMILES string of the molecule is COC(=O)c1ccc(Cl)c(S(=O)(=O)NCC(c2ccc(OC)cc2)N2CCOCC2)c1. The highest BCUT2D eigenvalue weighted by Gasteiger charge is 2.26. The van der Waals surface area contributed by atoms with E-state index >= 15 is 0 Å². The topological polar surface area (TPSA) is 94.2 Å². The zero-order valence-electron chi connectivity index (χ0n) is 17.3. The molecule has 1 saturated heterocycles. The molecule has 168 valence electrons. The first kappa shape index (κ1) is 23.5. The number of morpholine rings is 1. The lowest BCUT2D eigenvalue weighted by molar-refractivity contribution is 0.0172. The number of nitrogens with zero attached hydrogens (tertiary/aromatic N) is 1. The minimum atomic E-state index is -3.98. The van der Waals surface area contributed by atoms with Crippen LogP contribution in [0.3, 0.4) is 0 Å². The second kappa shape index (κ2) is 10.4. The van der Waals surface area contributed by atoms with Gasteiger partial charge in [0.2, 0.25) is 10.0 Å². The van der Waals surface area contributed by atoms with Crippen molar-refractivity contribution in [3.63, 3.8) is 0 Å². The number of methoxy groups -OCH3 is 2. The molecule has 10 heteroatoms. The van der Waals surface area contributed by atoms with Crippen molar-refractivity contribution in [3.05, 3.63) is 58.6 Å². The Balaban J connectivity index is 1.85. The maximum absolute atomic E-state index is 13.0. The van der Waals surface area contributed by atoms with Gasteiger partial charge >= 0.3 is 5.97 Å². The predicted molar refractivity (Wildman–Crippen MR) is 116 cm³/mol. The first-order valence-electron chi connectivity index (χ1n) is 9.69. The third-order valence-electron chi connectivity index (χ3n) is 5.10. The summed E-state index contributed by atoms with van der Waals surface area (Å²) in [7, 11) is -1.16. The summed E-state index contributed by atoms with van der Waals surface area (Å²) >= 11 is 6.13. The van der Waals surface area contributed by atoms with Crippen LogP contribution in [0, 0.1) is 0 Å². The Hall–Kier alpha value is -2.17. The summed E-state index contributed by atoms with van der Waals surface area (Å²) in [6.45, 7) is 2.63. The molecule has 31 heavy (non-hydrogen) atoms. The van der Waals surface area contributed by atoms with E-state index in [9.17, 15) is 13.2 Å². The standard InChI is InChI=1S/C21H25ClN2O6S/c1-28-17-6-3-15(4-7-17)19(24-9-11-30-12-10-24)14-23-31(26,27)20-13-16(21(25)29-2)5-8-18(20)22/h3-8,13,19,23H,9-12,14H2,1-2H3. The van der Waals surface area contributed by atoms with Crippen LogP contribution in [0.1, 0.15) is 22.0 Å². The summed E-state index contributed by atoms with van der Waals surface area (Å²) in [5, 5.41) is 0.0209. The Kier molecular flexibility index (Phi) is 7.90. The largest absolute Gasteiger partial charge is 0.497 e. The molecule has 0 bridgehead atoms. The van der Waals surface area contributed by atoms with E-state index in [0.717, 1.165) is 11.3 Å². The smallest absolute Gasteiger partial charge is 0.337 e. The van der Waals surface area contributed by atoms with E-state index in [4.69, 9.17) is 21.1 Å². The van der Waals surface area contributed by atoms with Crippen LogP contribution in [-0.2, 0) is 19.5 Å². The molecule has 8 nitrogen and oxygen atoms in total. The summed E-state index contributed by atoms with van der Waals surface area (Å²) < 4.78 is 44.0. The number of rotatable bonds is 8. The Bertz CT molecular complexity index is 1010. The zero-order chi connectivity index (χ0) is 22.4. The van der Waals surface area contributed by atoms with Gasteiger partial charge in [-0.3, -0.25) is 4.90 Å². The lowest BCUT2D eigenvalue weighted by atomic mass is 10.0. The fourth-order valence-electron chi connectivity index (χ4n) is 3.39. The number of halogens is 1. The van der Waals surface area contributed by atoms with Gasteiger partial charge in [0.05, 0.1) is 38.0 Å². The fourth-order valence-corrected chi connectivity index (χ4v) is 4.96. The van der Waals surface area contributed by atoms with Crippen molar-refractivity contribution in [2.45, 2.75) is 10.9 Å². The molecule has 1 fully saturated rings. The summed E-state index contributed by atoms with van der Waals surface area (Å²) in [5.41, 5.74) is 1.05. The van der Waals surface area contributed by atoms with Crippen molar-refractivity contribution >= 4 is 27.6 Å². The van der Waals surface area contributed by atoms with Gasteiger partial charge in [0, 0.05) is 25.7 Å². The molecule has 0 spiro atoms. The third-order valence-corrected chi connectivity index (χ3v) is 7.00. The predicted octanol–water partition coefficient (Wildman–Crippen LogP) is 2.49. The number of hydrogen-bond acceptors (Lipinski definition) is 7. The number of sulfonamides is 1. The van der Waals surface area contributed by atoms with Crippen LogP contribution in [0.4, 0.5) is 0 Å². The number of nitrogens with one attached hydrogen (secondary N) is 1. The monoisotopic (exact) mass is 468 g/mol. The molecule has 1 atom stereocenters. The molecule has 0 aliphatic carbocycles. The van der Waals surface area contributed by atoms with Crippen LogP contribution in [-0.4, -0.2) is 66.4 Å². The molecule has 1 aliphatic rings. The first-order valence-corrected chi connectivity index (χ1v) is 11.5. The van der Waals surface area contributed by atoms with Gasteiger partial charge in [-0.1, -0.05) is 23.7 Å². The van der Waals surface area contributed by atoms with E-state index in [1.165, 1.54) is 25.3 Å². The number of ether oxygens (including phenoxy) is 3. The van der Waals surface area contributed by atoms with Gasteiger partial charge in [0.1, 0.15) is 10.6 Å². The molecular weight excluding hydrogens is 444 g/mol. The second-order valence-corrected chi connectivity index (χ2v) is 9.07. The van der Waals surface area contributed by atoms with E-state index in [0.29, 0.717) is 26.3 Å². The van der Waals surface area contributed by atoms with Crippen LogP contribution < -0.4 is 9.46 Å². The van der Waals surface area contributed by atoms with E-state index in [1.807, 2.05) is 24.3 Å². The zero-order valence-corrected chi connectivity index (χ0v) is 18.9. The number of carbonyl (C=O) groups is 1. The van der Waals surface area contributed by atoms with Crippen LogP contribution in [0.15, 0.2) is 47.4 Å². The van der Waals surface area contributed by atoms with Crippen LogP contribution in [0.2, 0.25) is 5.02 Å². The van der Waals surface area contributed by atoms with Gasteiger partial charge in [0.25, 0.3) is 0 Å². The van der Waals surface area contributed by atoms with Gasteiger partial charge < -0.3 is 14.2 Å². The first-order chi connectivity index (χ1) is 14.9. The maximum atomic E-state index is 13.0. The fraction of sp³-hybridized carbons (Fsp3) is 0.381. The number of carbonyl (C=O) groups excluding carboxylic acids is 1. The molecule has 0 amide bonds. The van der Waals surface area contributed by atoms with Gasteiger partial charge in [-0.05, 0) is 35.9 Å². The normalized spacial score (nSPS) is 16.0. The van der Waals surface area contributed by atoms with Crippen LogP contribution in [0.25, 0.3) is 0 Å². The highest BCUT2D eigenvalue weighted by Crippen LogP contribution is 2.26. The molecule has 0 radical (unpaired) electrons. The average molecular weight is 469 g/mol. The number of esters is 1. The van der Waals surface area contributed by atoms with Crippen LogP contribution in [0.5, 0.6) is 5.75 Å². The van der Waals surface area contributed by atoms with E-state index in [-0.39, 0.29) is 28.1 Å². The summed E-state index contributed by atoms with van der Waals surface area (Å²) in [6.07, 6.45) is 0. The van der Waals surface area contributed by atoms with Gasteiger partial charge in [-0.25, -0.2) is 17.9 Å². The minimum Gasteiger partial charge on any atom is -0.497 e. The Labute approximate surface area is 187 Å². The summed E-state index contributed by atoms with van der Waals surface area (Å²) in [6, 6.07) is 11.3. The van der Waals surface area contributed by atoms with Crippen molar-refractivity contribution < 1.29 is 27.4 Å². The molecule has 1 unspecified atom stereocenters. The highest BCUT2D eigenvalue weighted by molar-refractivity contribution is 7.89. The van der Waals surface area contributed by atoms with Crippen molar-refractivity contribution in [1.29, 1.82) is 0 Å². The molecule has 0 saturated carbocycles. The molecule has 1 aliphatic heterocycles. The Morgan fingerprint density at radius 1 is 1.16 bits per heavy atom. The summed E-state index contributed by atoms with van der Waals surface area (Å²) in [4.78, 5) is 13.8. The lowest BCUT2D eigenvalue weighted by Gasteiger charge is -2.35. The third kappa shape index (κ3) is 5.75. The van der Waals surface area contributed by atoms with Crippen molar-refractivity contribution in [3.8, 4) is 5.75 Å². The molecule has 1 N–H and O–H groups in total. The van der Waals surface area contributed by atoms with E-state index in [2.05, 4.69) is 14.4 Å². The average Bonchev–Trinajstić information content (AvgIpc) is 2.80. The van der Waals surface area contributed by atoms with Crippen molar-refractivity contribution in [2.24, 2.45) is 0 Å². The van der Waals surface area contributed by atoms with E-state index < -0.39 is 16.0 Å². The Morgan fingerprint density at radius 2 is 1.84 bits per heavy atom. The minimum absolute atomic E-state index is 0.0209. The molecule has 2 aromatic carbocycles. The molecule has 0 aromatic heterocycles. The van der Waals surface area contributed by atoms with E-state index in [1.54, 1.807) is 7.11 Å². The van der Waals surface area contributed by atoms with Gasteiger partial charge in [-0.2, -0.15) is 0 Å². The maximum Gasteiger partial charge on any atom is 0.337 e. The number of benzene rings is 2. The lowest BCUT2D eigenvalue weighted by Crippen LogP contribution is -2.43. The molecule has 2 aromatic rings.